The summed E-state index contributed by atoms with van der Waals surface area (Å²) < 4.78 is 10.1. The Morgan fingerprint density at radius 3 is 2.89 bits per heavy atom. The third-order valence-electron chi connectivity index (χ3n) is 2.77. The van der Waals surface area contributed by atoms with Gasteiger partial charge in [-0.05, 0) is 13.0 Å². The zero-order chi connectivity index (χ0) is 13.1. The summed E-state index contributed by atoms with van der Waals surface area (Å²) in [6.45, 7) is 2.50. The van der Waals surface area contributed by atoms with E-state index in [0.29, 0.717) is 18.7 Å². The van der Waals surface area contributed by atoms with Crippen LogP contribution in [0.15, 0.2) is 27.6 Å². The van der Waals surface area contributed by atoms with Gasteiger partial charge >= 0.3 is 5.63 Å². The Hall–Kier alpha value is -1.66. The van der Waals surface area contributed by atoms with Crippen molar-refractivity contribution in [2.75, 3.05) is 19.7 Å². The molecular weight excluding hydrogens is 238 g/mol. The lowest BCUT2D eigenvalue weighted by atomic mass is 10.2. The molecule has 2 atom stereocenters. The fraction of sp³-hybridized carbons (Fsp3) is 0.500. The number of amides is 1. The van der Waals surface area contributed by atoms with Crippen LogP contribution in [0.5, 0.6) is 0 Å². The molecule has 2 unspecified atom stereocenters. The van der Waals surface area contributed by atoms with Crippen LogP contribution < -0.4 is 5.63 Å². The highest BCUT2D eigenvalue weighted by molar-refractivity contribution is 5.93. The molecule has 1 aromatic heterocycles. The zero-order valence-corrected chi connectivity index (χ0v) is 10.0. The smallest absolute Gasteiger partial charge is 0.335 e. The van der Waals surface area contributed by atoms with Gasteiger partial charge in [-0.2, -0.15) is 0 Å². The SMILES string of the molecule is CC1CN(C(=O)c2ccc(=O)oc2)CC(CO)O1. The minimum absolute atomic E-state index is 0.127. The number of hydrogen-bond acceptors (Lipinski definition) is 5. The van der Waals surface area contributed by atoms with Gasteiger partial charge < -0.3 is 19.2 Å². The van der Waals surface area contributed by atoms with Gasteiger partial charge in [-0.15, -0.1) is 0 Å². The lowest BCUT2D eigenvalue weighted by Crippen LogP contribution is -2.50. The van der Waals surface area contributed by atoms with Crippen molar-refractivity contribution in [2.24, 2.45) is 0 Å². The average molecular weight is 253 g/mol. The van der Waals surface area contributed by atoms with E-state index in [1.54, 1.807) is 4.90 Å². The number of aliphatic hydroxyl groups is 1. The highest BCUT2D eigenvalue weighted by Gasteiger charge is 2.28. The molecule has 6 heteroatoms. The van der Waals surface area contributed by atoms with Crippen LogP contribution in [-0.4, -0.2) is 47.8 Å². The molecule has 1 aromatic rings. The molecule has 6 nitrogen and oxygen atoms in total. The highest BCUT2D eigenvalue weighted by Crippen LogP contribution is 2.13. The van der Waals surface area contributed by atoms with Crippen molar-refractivity contribution in [3.8, 4) is 0 Å². The number of rotatable bonds is 2. The Morgan fingerprint density at radius 1 is 1.50 bits per heavy atom. The van der Waals surface area contributed by atoms with Gasteiger partial charge in [0, 0.05) is 19.2 Å². The lowest BCUT2D eigenvalue weighted by molar-refractivity contribution is -0.0859. The number of carbonyl (C=O) groups excluding carboxylic acids is 1. The predicted molar refractivity (Wildman–Crippen MR) is 62.3 cm³/mol. The van der Waals surface area contributed by atoms with E-state index in [2.05, 4.69) is 4.42 Å². The van der Waals surface area contributed by atoms with Crippen LogP contribution in [0.1, 0.15) is 17.3 Å². The maximum absolute atomic E-state index is 12.1. The van der Waals surface area contributed by atoms with E-state index in [-0.39, 0.29) is 24.7 Å². The summed E-state index contributed by atoms with van der Waals surface area (Å²) in [5, 5.41) is 9.09. The minimum atomic E-state index is -0.491. The monoisotopic (exact) mass is 253 g/mol. The van der Waals surface area contributed by atoms with Gasteiger partial charge in [0.1, 0.15) is 6.26 Å². The lowest BCUT2D eigenvalue weighted by Gasteiger charge is -2.36. The summed E-state index contributed by atoms with van der Waals surface area (Å²) in [4.78, 5) is 24.6. The molecule has 2 heterocycles. The maximum Gasteiger partial charge on any atom is 0.335 e. The van der Waals surface area contributed by atoms with E-state index in [9.17, 15) is 9.59 Å². The standard InChI is InChI=1S/C12H15NO5/c1-8-4-13(5-10(6-14)18-8)12(16)9-2-3-11(15)17-7-9/h2-3,7-8,10,14H,4-6H2,1H3. The number of ether oxygens (including phenoxy) is 1. The van der Waals surface area contributed by atoms with Gasteiger partial charge in [0.05, 0.1) is 24.4 Å². The van der Waals surface area contributed by atoms with Gasteiger partial charge in [0.2, 0.25) is 0 Å². The molecule has 1 aliphatic rings. The van der Waals surface area contributed by atoms with Gasteiger partial charge in [-0.25, -0.2) is 4.79 Å². The summed E-state index contributed by atoms with van der Waals surface area (Å²) >= 11 is 0. The maximum atomic E-state index is 12.1. The van der Waals surface area contributed by atoms with E-state index in [1.165, 1.54) is 12.1 Å². The van der Waals surface area contributed by atoms with Crippen LogP contribution in [0.4, 0.5) is 0 Å². The second-order valence-electron chi connectivity index (χ2n) is 4.30. The third-order valence-corrected chi connectivity index (χ3v) is 2.77. The van der Waals surface area contributed by atoms with E-state index in [1.807, 2.05) is 6.92 Å². The van der Waals surface area contributed by atoms with Crippen LogP contribution >= 0.6 is 0 Å². The molecule has 1 amide bonds. The number of carbonyl (C=O) groups is 1. The molecule has 0 saturated carbocycles. The van der Waals surface area contributed by atoms with Crippen molar-refractivity contribution in [1.29, 1.82) is 0 Å². The van der Waals surface area contributed by atoms with Crippen LogP contribution in [-0.2, 0) is 4.74 Å². The number of hydrogen-bond donors (Lipinski definition) is 1. The van der Waals surface area contributed by atoms with Crippen molar-refractivity contribution in [2.45, 2.75) is 19.1 Å². The van der Waals surface area contributed by atoms with Gasteiger partial charge in [-0.1, -0.05) is 0 Å². The van der Waals surface area contributed by atoms with Gasteiger partial charge in [0.25, 0.3) is 5.91 Å². The molecule has 0 bridgehead atoms. The van der Waals surface area contributed by atoms with Crippen LogP contribution in [0.3, 0.4) is 0 Å². The van der Waals surface area contributed by atoms with Gasteiger partial charge in [0.15, 0.2) is 0 Å². The molecule has 18 heavy (non-hydrogen) atoms. The zero-order valence-electron chi connectivity index (χ0n) is 10.0. The summed E-state index contributed by atoms with van der Waals surface area (Å²) in [6, 6.07) is 2.64. The molecule has 2 rings (SSSR count). The summed E-state index contributed by atoms with van der Waals surface area (Å²) in [5.74, 6) is -0.229. The Kier molecular flexibility index (Phi) is 3.78. The molecule has 0 aliphatic carbocycles. The van der Waals surface area contributed by atoms with Gasteiger partial charge in [-0.3, -0.25) is 4.79 Å². The predicted octanol–water partition coefficient (Wildman–Crippen LogP) is -0.138. The molecule has 0 spiro atoms. The molecule has 1 fully saturated rings. The first-order valence-electron chi connectivity index (χ1n) is 5.74. The molecular formula is C12H15NO5. The average Bonchev–Trinajstić information content (AvgIpc) is 2.38. The van der Waals surface area contributed by atoms with Crippen molar-refractivity contribution >= 4 is 5.91 Å². The van der Waals surface area contributed by atoms with E-state index < -0.39 is 5.63 Å². The van der Waals surface area contributed by atoms with Crippen molar-refractivity contribution in [3.63, 3.8) is 0 Å². The molecule has 1 aliphatic heterocycles. The van der Waals surface area contributed by atoms with Crippen molar-refractivity contribution < 1.29 is 19.1 Å². The molecule has 1 saturated heterocycles. The van der Waals surface area contributed by atoms with E-state index in [4.69, 9.17) is 9.84 Å². The number of morpholine rings is 1. The van der Waals surface area contributed by atoms with Crippen molar-refractivity contribution in [3.05, 3.63) is 34.4 Å². The third kappa shape index (κ3) is 2.77. The summed E-state index contributed by atoms with van der Waals surface area (Å²) in [6.07, 6.45) is 0.655. The summed E-state index contributed by atoms with van der Waals surface area (Å²) in [7, 11) is 0. The Labute approximate surface area is 104 Å². The highest BCUT2D eigenvalue weighted by atomic mass is 16.5. The first-order chi connectivity index (χ1) is 8.60. The number of nitrogens with zero attached hydrogens (tertiary/aromatic N) is 1. The normalized spacial score (nSPS) is 24.0. The Balaban J connectivity index is 2.12. The largest absolute Gasteiger partial charge is 0.430 e. The van der Waals surface area contributed by atoms with Crippen molar-refractivity contribution in [1.82, 2.24) is 4.90 Å². The van der Waals surface area contributed by atoms with Crippen LogP contribution in [0, 0.1) is 0 Å². The molecule has 0 radical (unpaired) electrons. The second kappa shape index (κ2) is 5.32. The Bertz CT molecular complexity index is 463. The minimum Gasteiger partial charge on any atom is -0.430 e. The fourth-order valence-electron chi connectivity index (χ4n) is 1.97. The van der Waals surface area contributed by atoms with E-state index in [0.717, 1.165) is 6.26 Å². The quantitative estimate of drug-likeness (QED) is 0.793. The number of aliphatic hydroxyl groups excluding tert-OH is 1. The molecule has 1 N–H and O–H groups in total. The topological polar surface area (TPSA) is 80.0 Å². The Morgan fingerprint density at radius 2 is 2.28 bits per heavy atom. The fourth-order valence-corrected chi connectivity index (χ4v) is 1.97. The van der Waals surface area contributed by atoms with E-state index >= 15 is 0 Å². The van der Waals surface area contributed by atoms with Crippen LogP contribution in [0.25, 0.3) is 0 Å². The molecule has 98 valence electrons. The second-order valence-corrected chi connectivity index (χ2v) is 4.30. The molecule has 0 aromatic carbocycles. The summed E-state index contributed by atoms with van der Waals surface area (Å²) in [5.41, 5.74) is -0.171. The first kappa shape index (κ1) is 12.8. The van der Waals surface area contributed by atoms with Crippen LogP contribution in [0.2, 0.25) is 0 Å². The first-order valence-corrected chi connectivity index (χ1v) is 5.74.